The minimum absolute atomic E-state index is 0.0598. The lowest BCUT2D eigenvalue weighted by Crippen LogP contribution is -2.31. The van der Waals surface area contributed by atoms with E-state index in [2.05, 4.69) is 4.74 Å². The molecular formula is C9H8F3NO3. The van der Waals surface area contributed by atoms with Crippen molar-refractivity contribution in [3.05, 3.63) is 34.4 Å². The summed E-state index contributed by atoms with van der Waals surface area (Å²) in [5, 5.41) is 10.3. The summed E-state index contributed by atoms with van der Waals surface area (Å²) < 4.78 is 40.9. The molecule has 0 radical (unpaired) electrons. The molecule has 16 heavy (non-hydrogen) atoms. The number of hydrogen-bond donors (Lipinski definition) is 0. The minimum Gasteiger partial charge on any atom is -0.481 e. The summed E-state index contributed by atoms with van der Waals surface area (Å²) >= 11 is 0. The standard InChI is InChI=1S/C9H8F3NO3/c1-6(9(10,11)12)16-8-4-2-7(3-5-8)13(14)15/h2-6H,1H3. The first-order valence-electron chi connectivity index (χ1n) is 4.28. The van der Waals surface area contributed by atoms with Gasteiger partial charge in [0.25, 0.3) is 5.69 Å². The lowest BCUT2D eigenvalue weighted by molar-refractivity contribution is -0.384. The van der Waals surface area contributed by atoms with Gasteiger partial charge in [-0.2, -0.15) is 13.2 Å². The minimum atomic E-state index is -4.46. The van der Waals surface area contributed by atoms with E-state index in [1.54, 1.807) is 0 Å². The zero-order valence-electron chi connectivity index (χ0n) is 8.19. The molecule has 1 aromatic carbocycles. The number of non-ortho nitro benzene ring substituents is 1. The fraction of sp³-hybridized carbons (Fsp3) is 0.333. The van der Waals surface area contributed by atoms with Gasteiger partial charge in [0, 0.05) is 12.1 Å². The number of nitrogens with zero attached hydrogens (tertiary/aromatic N) is 1. The van der Waals surface area contributed by atoms with Gasteiger partial charge >= 0.3 is 6.18 Å². The highest BCUT2D eigenvalue weighted by molar-refractivity contribution is 5.36. The van der Waals surface area contributed by atoms with Crippen molar-refractivity contribution in [3.8, 4) is 5.75 Å². The highest BCUT2D eigenvalue weighted by atomic mass is 19.4. The Hall–Kier alpha value is -1.79. The molecule has 1 rings (SSSR count). The van der Waals surface area contributed by atoms with E-state index in [9.17, 15) is 23.3 Å². The van der Waals surface area contributed by atoms with Crippen LogP contribution in [0.2, 0.25) is 0 Å². The number of nitro benzene ring substituents is 1. The summed E-state index contributed by atoms with van der Waals surface area (Å²) in [6, 6.07) is 4.41. The second-order valence-electron chi connectivity index (χ2n) is 3.05. The molecule has 0 spiro atoms. The summed E-state index contributed by atoms with van der Waals surface area (Å²) in [7, 11) is 0. The molecule has 4 nitrogen and oxygen atoms in total. The lowest BCUT2D eigenvalue weighted by atomic mass is 10.3. The van der Waals surface area contributed by atoms with Crippen molar-refractivity contribution >= 4 is 5.69 Å². The van der Waals surface area contributed by atoms with Crippen LogP contribution in [0.4, 0.5) is 18.9 Å². The SMILES string of the molecule is CC(Oc1ccc([N+](=O)[O-])cc1)C(F)(F)F. The molecule has 0 N–H and O–H groups in total. The molecule has 7 heteroatoms. The first-order valence-corrected chi connectivity index (χ1v) is 4.28. The van der Waals surface area contributed by atoms with Crippen molar-refractivity contribution in [2.75, 3.05) is 0 Å². The monoisotopic (exact) mass is 235 g/mol. The number of rotatable bonds is 3. The number of alkyl halides is 3. The Balaban J connectivity index is 2.73. The second-order valence-corrected chi connectivity index (χ2v) is 3.05. The second kappa shape index (κ2) is 4.38. The predicted molar refractivity (Wildman–Crippen MR) is 49.2 cm³/mol. The lowest BCUT2D eigenvalue weighted by Gasteiger charge is -2.17. The molecule has 0 saturated carbocycles. The third kappa shape index (κ3) is 3.11. The summed E-state index contributed by atoms with van der Waals surface area (Å²) in [6.07, 6.45) is -6.41. The molecule has 1 atom stereocenters. The van der Waals surface area contributed by atoms with Crippen molar-refractivity contribution in [2.45, 2.75) is 19.2 Å². The largest absolute Gasteiger partial charge is 0.481 e. The van der Waals surface area contributed by atoms with Crippen LogP contribution in [0.1, 0.15) is 6.92 Å². The highest BCUT2D eigenvalue weighted by Crippen LogP contribution is 2.25. The van der Waals surface area contributed by atoms with Crippen molar-refractivity contribution < 1.29 is 22.8 Å². The molecule has 1 unspecified atom stereocenters. The van der Waals surface area contributed by atoms with E-state index in [4.69, 9.17) is 0 Å². The van der Waals surface area contributed by atoms with Gasteiger partial charge in [-0.1, -0.05) is 0 Å². The predicted octanol–water partition coefficient (Wildman–Crippen LogP) is 2.92. The quantitative estimate of drug-likeness (QED) is 0.597. The van der Waals surface area contributed by atoms with E-state index < -0.39 is 17.2 Å². The average molecular weight is 235 g/mol. The third-order valence-electron chi connectivity index (χ3n) is 1.82. The molecule has 0 bridgehead atoms. The molecule has 0 saturated heterocycles. The molecule has 0 aromatic heterocycles. The van der Waals surface area contributed by atoms with Crippen LogP contribution in [0.3, 0.4) is 0 Å². The topological polar surface area (TPSA) is 52.4 Å². The maximum atomic E-state index is 12.1. The third-order valence-corrected chi connectivity index (χ3v) is 1.82. The zero-order valence-corrected chi connectivity index (χ0v) is 8.19. The van der Waals surface area contributed by atoms with Gasteiger partial charge < -0.3 is 4.74 Å². The number of ether oxygens (including phenoxy) is 1. The Kier molecular flexibility index (Phi) is 3.36. The van der Waals surface area contributed by atoms with Crippen molar-refractivity contribution in [1.82, 2.24) is 0 Å². The van der Waals surface area contributed by atoms with E-state index in [1.807, 2.05) is 0 Å². The van der Waals surface area contributed by atoms with Crippen molar-refractivity contribution in [1.29, 1.82) is 0 Å². The molecule has 0 heterocycles. The molecule has 0 fully saturated rings. The van der Waals surface area contributed by atoms with E-state index in [0.29, 0.717) is 0 Å². The fourth-order valence-corrected chi connectivity index (χ4v) is 0.917. The van der Waals surface area contributed by atoms with Gasteiger partial charge in [-0.15, -0.1) is 0 Å². The Bertz CT molecular complexity index is 375. The summed E-state index contributed by atoms with van der Waals surface area (Å²) in [5.41, 5.74) is -0.202. The fourth-order valence-electron chi connectivity index (χ4n) is 0.917. The van der Waals surface area contributed by atoms with Gasteiger partial charge in [-0.3, -0.25) is 10.1 Å². The van der Waals surface area contributed by atoms with Gasteiger partial charge in [0.05, 0.1) is 4.92 Å². The summed E-state index contributed by atoms with van der Waals surface area (Å²) in [6.45, 7) is 0.863. The smallest absolute Gasteiger partial charge is 0.425 e. The van der Waals surface area contributed by atoms with Crippen LogP contribution in [0.5, 0.6) is 5.75 Å². The Morgan fingerprint density at radius 2 is 1.81 bits per heavy atom. The van der Waals surface area contributed by atoms with E-state index in [-0.39, 0.29) is 11.4 Å². The van der Waals surface area contributed by atoms with E-state index in [1.165, 1.54) is 0 Å². The van der Waals surface area contributed by atoms with Gasteiger partial charge in [-0.05, 0) is 19.1 Å². The molecule has 0 aliphatic rings. The Morgan fingerprint density at radius 3 is 2.19 bits per heavy atom. The van der Waals surface area contributed by atoms with Crippen LogP contribution < -0.4 is 4.74 Å². The van der Waals surface area contributed by atoms with Crippen LogP contribution in [-0.2, 0) is 0 Å². The molecular weight excluding hydrogens is 227 g/mol. The maximum absolute atomic E-state index is 12.1. The Labute approximate surface area is 88.8 Å². The van der Waals surface area contributed by atoms with Crippen LogP contribution in [0.25, 0.3) is 0 Å². The molecule has 0 aliphatic carbocycles. The normalized spacial score (nSPS) is 13.2. The number of hydrogen-bond acceptors (Lipinski definition) is 3. The summed E-state index contributed by atoms with van der Waals surface area (Å²) in [4.78, 5) is 9.64. The zero-order chi connectivity index (χ0) is 12.3. The molecule has 0 aliphatic heterocycles. The van der Waals surface area contributed by atoms with Crippen LogP contribution in [-0.4, -0.2) is 17.2 Å². The highest BCUT2D eigenvalue weighted by Gasteiger charge is 2.38. The summed E-state index contributed by atoms with van der Waals surface area (Å²) in [5.74, 6) is -0.0598. The Morgan fingerprint density at radius 1 is 1.31 bits per heavy atom. The van der Waals surface area contributed by atoms with Crippen molar-refractivity contribution in [2.24, 2.45) is 0 Å². The van der Waals surface area contributed by atoms with Gasteiger partial charge in [0.15, 0.2) is 6.10 Å². The van der Waals surface area contributed by atoms with Crippen LogP contribution in [0, 0.1) is 10.1 Å². The number of halogens is 3. The molecule has 1 aromatic rings. The van der Waals surface area contributed by atoms with Crippen molar-refractivity contribution in [3.63, 3.8) is 0 Å². The van der Waals surface area contributed by atoms with Crippen LogP contribution >= 0.6 is 0 Å². The molecule has 0 amide bonds. The van der Waals surface area contributed by atoms with Gasteiger partial charge in [-0.25, -0.2) is 0 Å². The number of benzene rings is 1. The van der Waals surface area contributed by atoms with Gasteiger partial charge in [0.2, 0.25) is 0 Å². The maximum Gasteiger partial charge on any atom is 0.425 e. The number of nitro groups is 1. The first-order chi connectivity index (χ1) is 7.30. The average Bonchev–Trinajstić information content (AvgIpc) is 2.17. The van der Waals surface area contributed by atoms with Crippen LogP contribution in [0.15, 0.2) is 24.3 Å². The first kappa shape index (κ1) is 12.3. The van der Waals surface area contributed by atoms with E-state index in [0.717, 1.165) is 31.2 Å². The molecule has 88 valence electrons. The van der Waals surface area contributed by atoms with E-state index >= 15 is 0 Å². The van der Waals surface area contributed by atoms with Gasteiger partial charge in [0.1, 0.15) is 5.75 Å².